The van der Waals surface area contributed by atoms with Gasteiger partial charge < -0.3 is 4.74 Å². The van der Waals surface area contributed by atoms with Gasteiger partial charge in [0.2, 0.25) is 0 Å². The van der Waals surface area contributed by atoms with Gasteiger partial charge in [-0.05, 0) is 12.8 Å². The van der Waals surface area contributed by atoms with Crippen LogP contribution < -0.4 is 4.74 Å². The van der Waals surface area contributed by atoms with Crippen molar-refractivity contribution >= 4 is 21.5 Å². The predicted molar refractivity (Wildman–Crippen MR) is 53.1 cm³/mol. The first-order chi connectivity index (χ1) is 6.58. The first-order valence-corrected chi connectivity index (χ1v) is 6.46. The number of thiophene rings is 1. The molecule has 0 fully saturated rings. The molecule has 0 bridgehead atoms. The SMILES string of the molecule is O=S(=O)(O)CCCCOc1[c]s[c]c1. The van der Waals surface area contributed by atoms with Crippen LogP contribution in [0.2, 0.25) is 0 Å². The van der Waals surface area contributed by atoms with Crippen LogP contribution >= 0.6 is 11.3 Å². The van der Waals surface area contributed by atoms with Crippen LogP contribution in [-0.2, 0) is 10.1 Å². The first kappa shape index (κ1) is 11.5. The second-order valence-corrected chi connectivity index (χ2v) is 4.89. The van der Waals surface area contributed by atoms with E-state index in [0.29, 0.717) is 25.2 Å². The van der Waals surface area contributed by atoms with Crippen LogP contribution in [0.15, 0.2) is 6.07 Å². The Hall–Kier alpha value is -0.590. The van der Waals surface area contributed by atoms with Crippen molar-refractivity contribution in [2.24, 2.45) is 0 Å². The Bertz CT molecular complexity index is 341. The van der Waals surface area contributed by atoms with E-state index < -0.39 is 10.1 Å². The molecule has 1 aromatic heterocycles. The fraction of sp³-hybridized carbons (Fsp3) is 0.500. The zero-order valence-electron chi connectivity index (χ0n) is 7.39. The van der Waals surface area contributed by atoms with Gasteiger partial charge in [0.1, 0.15) is 5.75 Å². The van der Waals surface area contributed by atoms with Gasteiger partial charge in [-0.15, -0.1) is 11.3 Å². The largest absolute Gasteiger partial charge is 0.492 e. The second-order valence-electron chi connectivity index (χ2n) is 2.67. The Morgan fingerprint density at radius 2 is 2.29 bits per heavy atom. The van der Waals surface area contributed by atoms with Gasteiger partial charge in [-0.25, -0.2) is 0 Å². The van der Waals surface area contributed by atoms with Crippen molar-refractivity contribution in [2.45, 2.75) is 12.8 Å². The molecule has 1 aromatic rings. The maximum Gasteiger partial charge on any atom is 0.264 e. The minimum atomic E-state index is -3.83. The third kappa shape index (κ3) is 5.21. The molecular formula is C8H10O4S2. The molecule has 0 aliphatic carbocycles. The summed E-state index contributed by atoms with van der Waals surface area (Å²) >= 11 is 1.30. The predicted octanol–water partition coefficient (Wildman–Crippen LogP) is 1.40. The maximum absolute atomic E-state index is 10.3. The van der Waals surface area contributed by atoms with Crippen molar-refractivity contribution in [1.29, 1.82) is 0 Å². The standard InChI is InChI=1S/C8H10O4S2/c9-14(10,11)6-2-1-4-12-8-3-5-13-7-8/h3H,1-2,4,6H2,(H,9,10,11). The van der Waals surface area contributed by atoms with E-state index in [0.717, 1.165) is 0 Å². The molecule has 0 saturated heterocycles. The highest BCUT2D eigenvalue weighted by atomic mass is 32.2. The van der Waals surface area contributed by atoms with Crippen molar-refractivity contribution in [3.8, 4) is 5.75 Å². The molecule has 1 N–H and O–H groups in total. The van der Waals surface area contributed by atoms with E-state index in [9.17, 15) is 8.42 Å². The third-order valence-corrected chi connectivity index (χ3v) is 2.80. The van der Waals surface area contributed by atoms with Gasteiger partial charge in [0.25, 0.3) is 10.1 Å². The molecule has 78 valence electrons. The summed E-state index contributed by atoms with van der Waals surface area (Å²) in [5.41, 5.74) is 0. The van der Waals surface area contributed by atoms with Gasteiger partial charge >= 0.3 is 0 Å². The normalized spacial score (nSPS) is 11.5. The molecule has 0 unspecified atom stereocenters. The monoisotopic (exact) mass is 234 g/mol. The Morgan fingerprint density at radius 1 is 1.50 bits per heavy atom. The fourth-order valence-corrected chi connectivity index (χ4v) is 1.84. The minimum Gasteiger partial charge on any atom is -0.492 e. The summed E-state index contributed by atoms with van der Waals surface area (Å²) in [7, 11) is -3.83. The molecule has 4 nitrogen and oxygen atoms in total. The van der Waals surface area contributed by atoms with E-state index in [4.69, 9.17) is 9.29 Å². The fourth-order valence-electron chi connectivity index (χ4n) is 0.832. The van der Waals surface area contributed by atoms with E-state index in [-0.39, 0.29) is 5.75 Å². The van der Waals surface area contributed by atoms with Gasteiger partial charge in [0, 0.05) is 11.4 Å². The maximum atomic E-state index is 10.3. The van der Waals surface area contributed by atoms with E-state index in [1.807, 2.05) is 0 Å². The molecule has 14 heavy (non-hydrogen) atoms. The summed E-state index contributed by atoms with van der Waals surface area (Å²) in [6.45, 7) is 0.427. The highest BCUT2D eigenvalue weighted by Gasteiger charge is 2.03. The molecule has 0 spiro atoms. The van der Waals surface area contributed by atoms with Gasteiger partial charge in [0.15, 0.2) is 0 Å². The molecule has 1 rings (SSSR count). The van der Waals surface area contributed by atoms with Crippen LogP contribution in [0.5, 0.6) is 5.75 Å². The summed E-state index contributed by atoms with van der Waals surface area (Å²) in [6.07, 6.45) is 0.982. The zero-order chi connectivity index (χ0) is 10.4. The summed E-state index contributed by atoms with van der Waals surface area (Å²) in [6, 6.07) is 1.67. The molecule has 0 aliphatic rings. The van der Waals surface area contributed by atoms with Crippen LogP contribution in [0, 0.1) is 10.8 Å². The van der Waals surface area contributed by atoms with Crippen molar-refractivity contribution < 1.29 is 17.7 Å². The lowest BCUT2D eigenvalue weighted by molar-refractivity contribution is 0.309. The summed E-state index contributed by atoms with van der Waals surface area (Å²) < 4.78 is 34.3. The molecule has 0 aliphatic heterocycles. The Labute approximate surface area is 87.3 Å². The Kier molecular flexibility index (Phi) is 4.37. The van der Waals surface area contributed by atoms with Gasteiger partial charge in [0.05, 0.1) is 17.7 Å². The lowest BCUT2D eigenvalue weighted by Gasteiger charge is -2.01. The average molecular weight is 234 g/mol. The minimum absolute atomic E-state index is 0.212. The van der Waals surface area contributed by atoms with Gasteiger partial charge in [-0.3, -0.25) is 4.55 Å². The second kappa shape index (κ2) is 5.33. The number of unbranched alkanes of at least 4 members (excludes halogenated alkanes) is 1. The van der Waals surface area contributed by atoms with Crippen molar-refractivity contribution in [3.63, 3.8) is 0 Å². The Balaban J connectivity index is 2.06. The summed E-state index contributed by atoms with van der Waals surface area (Å²) in [5, 5.41) is 5.66. The molecule has 0 amide bonds. The van der Waals surface area contributed by atoms with Crippen molar-refractivity contribution in [2.75, 3.05) is 12.4 Å². The first-order valence-electron chi connectivity index (χ1n) is 4.03. The number of ether oxygens (including phenoxy) is 1. The average Bonchev–Trinajstić information content (AvgIpc) is 2.54. The zero-order valence-corrected chi connectivity index (χ0v) is 9.03. The lowest BCUT2D eigenvalue weighted by Crippen LogP contribution is -2.05. The Morgan fingerprint density at radius 3 is 2.86 bits per heavy atom. The van der Waals surface area contributed by atoms with Crippen molar-refractivity contribution in [1.82, 2.24) is 0 Å². The molecule has 0 aromatic carbocycles. The van der Waals surface area contributed by atoms with Crippen LogP contribution in [0.1, 0.15) is 12.8 Å². The molecule has 2 radical (unpaired) electrons. The van der Waals surface area contributed by atoms with Crippen LogP contribution in [0.4, 0.5) is 0 Å². The molecule has 6 heteroatoms. The highest BCUT2D eigenvalue weighted by molar-refractivity contribution is 7.85. The molecule has 0 atom stereocenters. The van der Waals surface area contributed by atoms with E-state index in [1.165, 1.54) is 11.3 Å². The number of hydrogen-bond acceptors (Lipinski definition) is 4. The number of hydrogen-bond donors (Lipinski definition) is 1. The molecule has 1 heterocycles. The van der Waals surface area contributed by atoms with Crippen LogP contribution in [0.3, 0.4) is 0 Å². The lowest BCUT2D eigenvalue weighted by atomic mass is 10.4. The van der Waals surface area contributed by atoms with E-state index in [2.05, 4.69) is 10.8 Å². The smallest absolute Gasteiger partial charge is 0.264 e. The van der Waals surface area contributed by atoms with Gasteiger partial charge in [-0.2, -0.15) is 8.42 Å². The third-order valence-electron chi connectivity index (χ3n) is 1.45. The molecule has 0 saturated carbocycles. The highest BCUT2D eigenvalue weighted by Crippen LogP contribution is 2.13. The number of rotatable bonds is 6. The van der Waals surface area contributed by atoms with Crippen LogP contribution in [0.25, 0.3) is 0 Å². The molecular weight excluding hydrogens is 224 g/mol. The van der Waals surface area contributed by atoms with E-state index >= 15 is 0 Å². The topological polar surface area (TPSA) is 63.6 Å². The van der Waals surface area contributed by atoms with E-state index in [1.54, 1.807) is 6.07 Å². The van der Waals surface area contributed by atoms with Crippen LogP contribution in [-0.4, -0.2) is 25.3 Å². The summed E-state index contributed by atoms with van der Waals surface area (Å²) in [5.74, 6) is 0.414. The van der Waals surface area contributed by atoms with Gasteiger partial charge in [-0.1, -0.05) is 0 Å². The summed E-state index contributed by atoms with van der Waals surface area (Å²) in [4.78, 5) is 0. The quantitative estimate of drug-likeness (QED) is 0.597. The van der Waals surface area contributed by atoms with Crippen molar-refractivity contribution in [3.05, 3.63) is 16.8 Å².